The van der Waals surface area contributed by atoms with Crippen molar-refractivity contribution in [2.45, 2.75) is 20.0 Å². The molecule has 0 aliphatic rings. The normalized spacial score (nSPS) is 10.0. The van der Waals surface area contributed by atoms with Gasteiger partial charge in [-0.15, -0.1) is 12.4 Å². The van der Waals surface area contributed by atoms with Crippen LogP contribution in [0.15, 0.2) is 30.5 Å². The number of aryl methyl sites for hydroxylation is 2. The smallest absolute Gasteiger partial charge is 0.127 e. The number of alkyl halides is 1. The van der Waals surface area contributed by atoms with Gasteiger partial charge in [0.25, 0.3) is 0 Å². The summed E-state index contributed by atoms with van der Waals surface area (Å²) in [5.41, 5.74) is 1.75. The Balaban J connectivity index is 0.00000180. The maximum Gasteiger partial charge on any atom is 0.127 e. The zero-order valence-corrected chi connectivity index (χ0v) is 11.5. The van der Waals surface area contributed by atoms with Gasteiger partial charge in [0.15, 0.2) is 0 Å². The molecule has 0 radical (unpaired) electrons. The lowest BCUT2D eigenvalue weighted by molar-refractivity contribution is 0.429. The van der Waals surface area contributed by atoms with Crippen molar-refractivity contribution >= 4 is 18.2 Å². The third-order valence-corrected chi connectivity index (χ3v) is 2.76. The highest BCUT2D eigenvalue weighted by Crippen LogP contribution is 2.19. The maximum atomic E-state index is 12.4. The second-order valence-corrected chi connectivity index (χ2v) is 4.07. The molecule has 0 atom stereocenters. The van der Waals surface area contributed by atoms with Gasteiger partial charge >= 0.3 is 0 Å². The Morgan fingerprint density at radius 3 is 2.79 bits per heavy atom. The van der Waals surface area contributed by atoms with Crippen molar-refractivity contribution in [3.63, 3.8) is 0 Å². The predicted octanol–water partition coefficient (Wildman–Crippen LogP) is 2.90. The first kappa shape index (κ1) is 15.3. The summed E-state index contributed by atoms with van der Waals surface area (Å²) in [6, 6.07) is 7.12. The molecule has 0 fully saturated rings. The molecule has 1 aromatic heterocycles. The van der Waals surface area contributed by atoms with Crippen molar-refractivity contribution in [1.29, 1.82) is 0 Å². The molecule has 0 aliphatic carbocycles. The van der Waals surface area contributed by atoms with Crippen molar-refractivity contribution in [2.75, 3.05) is 12.0 Å². The summed E-state index contributed by atoms with van der Waals surface area (Å²) in [6.07, 6.45) is 1.70. The Bertz CT molecular complexity index is 530. The number of hydrogen-bond donors (Lipinski definition) is 2. The molecule has 4 nitrogen and oxygen atoms in total. The molecule has 0 bridgehead atoms. The van der Waals surface area contributed by atoms with Gasteiger partial charge < -0.3 is 10.4 Å². The number of hydrogen-bond acceptors (Lipinski definition) is 3. The molecule has 2 N–H and O–H groups in total. The fraction of sp³-hybridized carbons (Fsp3) is 0.308. The van der Waals surface area contributed by atoms with E-state index in [1.54, 1.807) is 23.0 Å². The van der Waals surface area contributed by atoms with E-state index in [4.69, 9.17) is 0 Å². The fourth-order valence-electron chi connectivity index (χ4n) is 1.80. The number of nitrogens with one attached hydrogen (secondary N) is 1. The van der Waals surface area contributed by atoms with Gasteiger partial charge in [-0.3, -0.25) is 0 Å². The Kier molecular flexibility index (Phi) is 5.63. The minimum absolute atomic E-state index is 0. The molecule has 6 heteroatoms. The first-order valence-electron chi connectivity index (χ1n) is 5.81. The number of rotatable bonds is 5. The topological polar surface area (TPSA) is 50.1 Å². The van der Waals surface area contributed by atoms with Crippen LogP contribution in [-0.4, -0.2) is 21.6 Å². The Morgan fingerprint density at radius 2 is 2.11 bits per heavy atom. The number of halogens is 2. The molecule has 0 aliphatic heterocycles. The third-order valence-electron chi connectivity index (χ3n) is 2.76. The van der Waals surface area contributed by atoms with Crippen molar-refractivity contribution < 1.29 is 9.50 Å². The van der Waals surface area contributed by atoms with Gasteiger partial charge in [0.1, 0.15) is 18.2 Å². The molecule has 0 saturated heterocycles. The summed E-state index contributed by atoms with van der Waals surface area (Å²) >= 11 is 0. The molecular formula is C13H17ClFN3O. The minimum Gasteiger partial charge on any atom is -0.508 e. The fourth-order valence-corrected chi connectivity index (χ4v) is 1.80. The van der Waals surface area contributed by atoms with Gasteiger partial charge in [0.05, 0.1) is 12.7 Å². The number of benzene rings is 1. The molecule has 0 amide bonds. The van der Waals surface area contributed by atoms with E-state index in [0.717, 1.165) is 16.9 Å². The Morgan fingerprint density at radius 1 is 1.37 bits per heavy atom. The lowest BCUT2D eigenvalue weighted by atomic mass is 10.2. The zero-order valence-electron chi connectivity index (χ0n) is 10.6. The lowest BCUT2D eigenvalue weighted by Crippen LogP contribution is -2.10. The van der Waals surface area contributed by atoms with Crippen LogP contribution in [0.4, 0.5) is 10.2 Å². The standard InChI is InChI=1S/C13H16FN3O.ClH/c1-10-8-16-17(7-6-14)13(10)15-9-11-4-2-3-5-12(11)18;/h2-5,8,15,18H,6-7,9H2,1H3;1H. The average molecular weight is 286 g/mol. The quantitative estimate of drug-likeness (QED) is 0.888. The number of aromatic hydroxyl groups is 1. The van der Waals surface area contributed by atoms with Gasteiger partial charge in [-0.05, 0) is 13.0 Å². The molecule has 0 spiro atoms. The number of anilines is 1. The predicted molar refractivity (Wildman–Crippen MR) is 75.6 cm³/mol. The zero-order chi connectivity index (χ0) is 13.0. The van der Waals surface area contributed by atoms with E-state index >= 15 is 0 Å². The SMILES string of the molecule is Cc1cnn(CCF)c1NCc1ccccc1O.Cl. The minimum atomic E-state index is -0.452. The molecule has 2 rings (SSSR count). The van der Waals surface area contributed by atoms with Gasteiger partial charge in [0.2, 0.25) is 0 Å². The van der Waals surface area contributed by atoms with Crippen molar-refractivity contribution in [2.24, 2.45) is 0 Å². The van der Waals surface area contributed by atoms with E-state index in [9.17, 15) is 9.50 Å². The van der Waals surface area contributed by atoms with E-state index in [2.05, 4.69) is 10.4 Å². The van der Waals surface area contributed by atoms with Crippen LogP contribution < -0.4 is 5.32 Å². The van der Waals surface area contributed by atoms with Gasteiger partial charge in [-0.1, -0.05) is 18.2 Å². The monoisotopic (exact) mass is 285 g/mol. The molecule has 19 heavy (non-hydrogen) atoms. The van der Waals surface area contributed by atoms with E-state index in [1.807, 2.05) is 19.1 Å². The summed E-state index contributed by atoms with van der Waals surface area (Å²) in [5.74, 6) is 1.04. The largest absolute Gasteiger partial charge is 0.508 e. The number of phenolic OH excluding ortho intramolecular Hbond substituents is 1. The van der Waals surface area contributed by atoms with Crippen LogP contribution in [-0.2, 0) is 13.1 Å². The molecule has 0 saturated carbocycles. The molecule has 104 valence electrons. The summed E-state index contributed by atoms with van der Waals surface area (Å²) in [7, 11) is 0. The number of para-hydroxylation sites is 1. The first-order valence-corrected chi connectivity index (χ1v) is 5.81. The van der Waals surface area contributed by atoms with Crippen LogP contribution in [0.25, 0.3) is 0 Å². The molecular weight excluding hydrogens is 269 g/mol. The van der Waals surface area contributed by atoms with E-state index in [-0.39, 0.29) is 24.7 Å². The first-order chi connectivity index (χ1) is 8.72. The van der Waals surface area contributed by atoms with E-state index < -0.39 is 6.67 Å². The van der Waals surface area contributed by atoms with Gasteiger partial charge in [-0.2, -0.15) is 5.10 Å². The average Bonchev–Trinajstić information content (AvgIpc) is 2.70. The van der Waals surface area contributed by atoms with E-state index in [0.29, 0.717) is 6.54 Å². The van der Waals surface area contributed by atoms with Crippen LogP contribution in [0.5, 0.6) is 5.75 Å². The van der Waals surface area contributed by atoms with E-state index in [1.165, 1.54) is 0 Å². The molecule has 1 heterocycles. The number of nitrogens with zero attached hydrogens (tertiary/aromatic N) is 2. The van der Waals surface area contributed by atoms with Crippen LogP contribution in [0, 0.1) is 6.92 Å². The van der Waals surface area contributed by atoms with Gasteiger partial charge in [-0.25, -0.2) is 9.07 Å². The van der Waals surface area contributed by atoms with Crippen LogP contribution in [0.1, 0.15) is 11.1 Å². The summed E-state index contributed by atoms with van der Waals surface area (Å²) in [6.45, 7) is 2.17. The van der Waals surface area contributed by atoms with Crippen LogP contribution in [0.2, 0.25) is 0 Å². The van der Waals surface area contributed by atoms with Crippen molar-refractivity contribution in [3.8, 4) is 5.75 Å². The van der Waals surface area contributed by atoms with Gasteiger partial charge in [0, 0.05) is 17.7 Å². The molecule has 2 aromatic rings. The number of aromatic nitrogens is 2. The molecule has 0 unspecified atom stereocenters. The highest BCUT2D eigenvalue weighted by molar-refractivity contribution is 5.85. The summed E-state index contributed by atoms with van der Waals surface area (Å²) in [5, 5.41) is 16.9. The summed E-state index contributed by atoms with van der Waals surface area (Å²) < 4.78 is 14.0. The van der Waals surface area contributed by atoms with Crippen molar-refractivity contribution in [3.05, 3.63) is 41.6 Å². The Labute approximate surface area is 117 Å². The second-order valence-electron chi connectivity index (χ2n) is 4.07. The van der Waals surface area contributed by atoms with Crippen LogP contribution in [0.3, 0.4) is 0 Å². The molecule has 1 aromatic carbocycles. The highest BCUT2D eigenvalue weighted by atomic mass is 35.5. The maximum absolute atomic E-state index is 12.4. The van der Waals surface area contributed by atoms with Crippen LogP contribution >= 0.6 is 12.4 Å². The number of phenols is 1. The second kappa shape index (κ2) is 6.99. The highest BCUT2D eigenvalue weighted by Gasteiger charge is 2.07. The summed E-state index contributed by atoms with van der Waals surface area (Å²) in [4.78, 5) is 0. The van der Waals surface area contributed by atoms with Crippen molar-refractivity contribution in [1.82, 2.24) is 9.78 Å². The Hall–Kier alpha value is -1.75. The lowest BCUT2D eigenvalue weighted by Gasteiger charge is -2.10. The third kappa shape index (κ3) is 3.61.